The predicted octanol–water partition coefficient (Wildman–Crippen LogP) is 3.03. The zero-order chi connectivity index (χ0) is 22.3. The lowest BCUT2D eigenvalue weighted by Gasteiger charge is -2.25. The van der Waals surface area contributed by atoms with Crippen molar-refractivity contribution in [1.29, 1.82) is 5.26 Å². The number of nitriles is 1. The molecule has 30 heavy (non-hydrogen) atoms. The minimum atomic E-state index is -4.62. The van der Waals surface area contributed by atoms with Crippen molar-refractivity contribution in [2.24, 2.45) is 0 Å². The van der Waals surface area contributed by atoms with Crippen molar-refractivity contribution in [3.63, 3.8) is 0 Å². The van der Waals surface area contributed by atoms with Gasteiger partial charge in [-0.25, -0.2) is 4.39 Å². The Morgan fingerprint density at radius 3 is 2.53 bits per heavy atom. The first-order chi connectivity index (χ1) is 14.2. The first kappa shape index (κ1) is 23.0. The molecule has 11 heteroatoms. The molecule has 1 heterocycles. The Morgan fingerprint density at radius 2 is 1.93 bits per heavy atom. The largest absolute Gasteiger partial charge is 0.416 e. The number of alkyl halides is 5. The van der Waals surface area contributed by atoms with E-state index in [1.54, 1.807) is 6.07 Å². The van der Waals surface area contributed by atoms with Crippen LogP contribution in [0.2, 0.25) is 0 Å². The summed E-state index contributed by atoms with van der Waals surface area (Å²) >= 11 is 0. The molecule has 0 saturated heterocycles. The molecular formula is C19H17F5N4O2. The van der Waals surface area contributed by atoms with Gasteiger partial charge in [0.2, 0.25) is 5.91 Å². The molecule has 2 aromatic rings. The second-order valence-electron chi connectivity index (χ2n) is 6.17. The molecule has 1 N–H and O–H groups in total. The number of hydrogen-bond acceptors (Lipinski definition) is 4. The summed E-state index contributed by atoms with van der Waals surface area (Å²) in [6.07, 6.45) is -3.70. The van der Waals surface area contributed by atoms with Gasteiger partial charge in [-0.15, -0.1) is 0 Å². The highest BCUT2D eigenvalue weighted by molar-refractivity contribution is 6.07. The predicted molar refractivity (Wildman–Crippen MR) is 96.8 cm³/mol. The molecule has 0 bridgehead atoms. The van der Waals surface area contributed by atoms with Crippen molar-refractivity contribution in [1.82, 2.24) is 15.2 Å². The molecule has 1 aromatic carbocycles. The van der Waals surface area contributed by atoms with E-state index in [2.05, 4.69) is 10.3 Å². The van der Waals surface area contributed by atoms with E-state index in [1.165, 1.54) is 12.3 Å². The fourth-order valence-corrected chi connectivity index (χ4v) is 2.81. The third-order valence-electron chi connectivity index (χ3n) is 4.27. The number of aromatic nitrogens is 1. The van der Waals surface area contributed by atoms with E-state index in [4.69, 9.17) is 5.26 Å². The van der Waals surface area contributed by atoms with Gasteiger partial charge in [0.25, 0.3) is 5.91 Å². The van der Waals surface area contributed by atoms with E-state index in [-0.39, 0.29) is 22.9 Å². The number of carbonyl (C=O) groups is 2. The molecule has 0 unspecified atom stereocenters. The quantitative estimate of drug-likeness (QED) is 0.655. The number of carbonyl (C=O) groups excluding carboxylic acids is 2. The zero-order valence-corrected chi connectivity index (χ0v) is 15.5. The van der Waals surface area contributed by atoms with Gasteiger partial charge >= 0.3 is 6.18 Å². The summed E-state index contributed by atoms with van der Waals surface area (Å²) in [4.78, 5) is 29.5. The van der Waals surface area contributed by atoms with Crippen LogP contribution < -0.4 is 5.32 Å². The fourth-order valence-electron chi connectivity index (χ4n) is 2.81. The first-order valence-electron chi connectivity index (χ1n) is 8.78. The Bertz CT molecular complexity index is 958. The van der Waals surface area contributed by atoms with Gasteiger partial charge in [0.1, 0.15) is 12.7 Å². The van der Waals surface area contributed by atoms with E-state index >= 15 is 0 Å². The number of hydrogen-bond donors (Lipinski definition) is 1. The van der Waals surface area contributed by atoms with Gasteiger partial charge in [-0.1, -0.05) is 0 Å². The van der Waals surface area contributed by atoms with E-state index in [0.717, 1.165) is 23.1 Å². The SMILES string of the molecule is N#C[C@H](CCF)N(CCF)C(=O)CNC(=O)c1ccnc2ccc(C(F)(F)F)cc12. The van der Waals surface area contributed by atoms with Crippen LogP contribution in [0.4, 0.5) is 22.0 Å². The lowest BCUT2D eigenvalue weighted by Crippen LogP contribution is -2.46. The summed E-state index contributed by atoms with van der Waals surface area (Å²) in [5.74, 6) is -1.68. The summed E-state index contributed by atoms with van der Waals surface area (Å²) in [6.45, 7) is -2.98. The number of fused-ring (bicyclic) bond motifs is 1. The van der Waals surface area contributed by atoms with Crippen molar-refractivity contribution in [3.05, 3.63) is 41.6 Å². The highest BCUT2D eigenvalue weighted by Crippen LogP contribution is 2.31. The van der Waals surface area contributed by atoms with Crippen LogP contribution in [0.1, 0.15) is 22.3 Å². The topological polar surface area (TPSA) is 86.1 Å². The molecule has 1 atom stereocenters. The normalized spacial score (nSPS) is 12.3. The molecular weight excluding hydrogens is 411 g/mol. The van der Waals surface area contributed by atoms with E-state index < -0.39 is 56.0 Å². The smallest absolute Gasteiger partial charge is 0.343 e. The minimum absolute atomic E-state index is 0.0646. The number of rotatable bonds is 8. The summed E-state index contributed by atoms with van der Waals surface area (Å²) in [5.41, 5.74) is -0.963. The van der Waals surface area contributed by atoms with Crippen LogP contribution in [-0.4, -0.2) is 54.2 Å². The van der Waals surface area contributed by atoms with Gasteiger partial charge in [0, 0.05) is 18.0 Å². The zero-order valence-electron chi connectivity index (χ0n) is 15.5. The molecule has 2 amide bonds. The summed E-state index contributed by atoms with van der Waals surface area (Å²) in [6, 6.07) is 4.44. The maximum Gasteiger partial charge on any atom is 0.416 e. The molecule has 0 fully saturated rings. The number of benzene rings is 1. The van der Waals surface area contributed by atoms with Crippen molar-refractivity contribution < 1.29 is 31.5 Å². The van der Waals surface area contributed by atoms with E-state index in [1.807, 2.05) is 0 Å². The second-order valence-corrected chi connectivity index (χ2v) is 6.17. The Hall–Kier alpha value is -3.29. The van der Waals surface area contributed by atoms with Crippen LogP contribution in [0.5, 0.6) is 0 Å². The van der Waals surface area contributed by atoms with Crippen LogP contribution in [0.15, 0.2) is 30.5 Å². The molecule has 0 saturated carbocycles. The lowest BCUT2D eigenvalue weighted by molar-refractivity contribution is -0.137. The maximum absolute atomic E-state index is 13.0. The van der Waals surface area contributed by atoms with Crippen LogP contribution in [0, 0.1) is 11.3 Å². The molecule has 2 rings (SSSR count). The number of nitrogens with one attached hydrogen (secondary N) is 1. The van der Waals surface area contributed by atoms with Gasteiger partial charge < -0.3 is 10.2 Å². The van der Waals surface area contributed by atoms with E-state index in [0.29, 0.717) is 0 Å². The van der Waals surface area contributed by atoms with Crippen LogP contribution in [-0.2, 0) is 11.0 Å². The highest BCUT2D eigenvalue weighted by Gasteiger charge is 2.31. The molecule has 0 radical (unpaired) electrons. The third-order valence-corrected chi connectivity index (χ3v) is 4.27. The average Bonchev–Trinajstić information content (AvgIpc) is 2.72. The van der Waals surface area contributed by atoms with Gasteiger partial charge in [-0.3, -0.25) is 19.0 Å². The second kappa shape index (κ2) is 9.96. The maximum atomic E-state index is 13.0. The van der Waals surface area contributed by atoms with Crippen molar-refractivity contribution in [3.8, 4) is 6.07 Å². The lowest BCUT2D eigenvalue weighted by atomic mass is 10.1. The molecule has 0 aliphatic heterocycles. The summed E-state index contributed by atoms with van der Waals surface area (Å²) in [7, 11) is 0. The van der Waals surface area contributed by atoms with Crippen LogP contribution >= 0.6 is 0 Å². The average molecular weight is 428 g/mol. The van der Waals surface area contributed by atoms with Gasteiger partial charge in [-0.2, -0.15) is 18.4 Å². The third kappa shape index (κ3) is 5.40. The summed E-state index contributed by atoms with van der Waals surface area (Å²) < 4.78 is 64.2. The fraction of sp³-hybridized carbons (Fsp3) is 0.368. The van der Waals surface area contributed by atoms with Crippen molar-refractivity contribution >= 4 is 22.7 Å². The Balaban J connectivity index is 2.22. The van der Waals surface area contributed by atoms with E-state index in [9.17, 15) is 31.5 Å². The molecule has 0 aliphatic carbocycles. The number of pyridine rings is 1. The van der Waals surface area contributed by atoms with Crippen molar-refractivity contribution in [2.75, 3.05) is 26.4 Å². The van der Waals surface area contributed by atoms with Crippen LogP contribution in [0.3, 0.4) is 0 Å². The molecule has 0 spiro atoms. The number of nitrogens with zero attached hydrogens (tertiary/aromatic N) is 3. The molecule has 160 valence electrons. The Labute approximate surface area is 168 Å². The Kier molecular flexibility index (Phi) is 7.63. The van der Waals surface area contributed by atoms with Gasteiger partial charge in [-0.05, 0) is 24.3 Å². The molecule has 0 aliphatic rings. The standard InChI is InChI=1S/C19H17F5N4O2/c20-5-3-13(10-25)28(8-6-21)17(29)11-27-18(30)14-4-7-26-16-2-1-12(9-15(14)16)19(22,23)24/h1-2,4,7,9,13H,3,5-6,8,11H2,(H,27,30)/t13-/m0/s1. The Morgan fingerprint density at radius 1 is 1.20 bits per heavy atom. The van der Waals surface area contributed by atoms with Gasteiger partial charge in [0.15, 0.2) is 0 Å². The first-order valence-corrected chi connectivity index (χ1v) is 8.78. The van der Waals surface area contributed by atoms with Gasteiger partial charge in [0.05, 0.1) is 42.5 Å². The molecule has 6 nitrogen and oxygen atoms in total. The monoisotopic (exact) mass is 428 g/mol. The minimum Gasteiger partial charge on any atom is -0.343 e. The number of halogens is 5. The highest BCUT2D eigenvalue weighted by atomic mass is 19.4. The molecule has 1 aromatic heterocycles. The van der Waals surface area contributed by atoms with Crippen molar-refractivity contribution in [2.45, 2.75) is 18.6 Å². The van der Waals surface area contributed by atoms with Crippen LogP contribution in [0.25, 0.3) is 10.9 Å². The number of amides is 2. The summed E-state index contributed by atoms with van der Waals surface area (Å²) in [5, 5.41) is 11.2.